The van der Waals surface area contributed by atoms with Crippen LogP contribution < -0.4 is 0 Å². The quantitative estimate of drug-likeness (QED) is 0.554. The number of piperidine rings is 2. The van der Waals surface area contributed by atoms with Gasteiger partial charge in [-0.2, -0.15) is 0 Å². The Morgan fingerprint density at radius 2 is 1.68 bits per heavy atom. The van der Waals surface area contributed by atoms with E-state index < -0.39 is 11.9 Å². The fourth-order valence-electron chi connectivity index (χ4n) is 3.04. The number of hydrogen-bond donors (Lipinski definition) is 0. The van der Waals surface area contributed by atoms with Crippen molar-refractivity contribution in [3.8, 4) is 0 Å². The van der Waals surface area contributed by atoms with E-state index in [0.717, 1.165) is 12.8 Å². The van der Waals surface area contributed by atoms with Crippen LogP contribution in [-0.2, 0) is 14.3 Å². The van der Waals surface area contributed by atoms with Crippen molar-refractivity contribution >= 4 is 11.9 Å². The third-order valence-electron chi connectivity index (χ3n) is 4.11. The molecular weight excluding hydrogens is 244 g/mol. The van der Waals surface area contributed by atoms with Crippen molar-refractivity contribution in [1.29, 1.82) is 0 Å². The number of amides is 1. The summed E-state index contributed by atoms with van der Waals surface area (Å²) in [6.07, 6.45) is 5.89. The maximum atomic E-state index is 11.8. The van der Waals surface area contributed by atoms with Gasteiger partial charge < -0.3 is 14.5 Å². The summed E-state index contributed by atoms with van der Waals surface area (Å²) in [6.45, 7) is 5.72. The van der Waals surface area contributed by atoms with E-state index in [9.17, 15) is 9.59 Å². The van der Waals surface area contributed by atoms with Gasteiger partial charge in [0.2, 0.25) is 0 Å². The van der Waals surface area contributed by atoms with Gasteiger partial charge in [-0.05, 0) is 45.7 Å². The van der Waals surface area contributed by atoms with Crippen LogP contribution in [0.25, 0.3) is 0 Å². The Bertz CT molecular complexity index is 319. The second-order valence-corrected chi connectivity index (χ2v) is 5.34. The molecule has 0 aromatic carbocycles. The molecule has 2 saturated heterocycles. The first-order chi connectivity index (χ1) is 9.22. The van der Waals surface area contributed by atoms with Crippen molar-refractivity contribution in [3.63, 3.8) is 0 Å². The normalized spacial score (nSPS) is 22.3. The van der Waals surface area contributed by atoms with Gasteiger partial charge in [0.1, 0.15) is 0 Å². The van der Waals surface area contributed by atoms with Gasteiger partial charge in [-0.25, -0.2) is 4.79 Å². The summed E-state index contributed by atoms with van der Waals surface area (Å²) < 4.78 is 4.76. The molecule has 2 heterocycles. The first-order valence-electron chi connectivity index (χ1n) is 7.42. The molecule has 0 atom stereocenters. The lowest BCUT2D eigenvalue weighted by molar-refractivity contribution is -0.160. The zero-order valence-electron chi connectivity index (χ0n) is 11.8. The third-order valence-corrected chi connectivity index (χ3v) is 4.11. The molecule has 0 radical (unpaired) electrons. The monoisotopic (exact) mass is 268 g/mol. The van der Waals surface area contributed by atoms with Crippen LogP contribution in [0.15, 0.2) is 0 Å². The Hall–Kier alpha value is -1.10. The van der Waals surface area contributed by atoms with Crippen LogP contribution >= 0.6 is 0 Å². The first kappa shape index (κ1) is 14.3. The molecule has 2 aliphatic rings. The van der Waals surface area contributed by atoms with Crippen LogP contribution in [0.1, 0.15) is 39.0 Å². The summed E-state index contributed by atoms with van der Waals surface area (Å²) in [6, 6.07) is 0.589. The highest BCUT2D eigenvalue weighted by Gasteiger charge is 2.30. The summed E-state index contributed by atoms with van der Waals surface area (Å²) in [5.41, 5.74) is 0. The van der Waals surface area contributed by atoms with Gasteiger partial charge in [-0.1, -0.05) is 6.42 Å². The molecule has 19 heavy (non-hydrogen) atoms. The van der Waals surface area contributed by atoms with Crippen LogP contribution in [0, 0.1) is 0 Å². The van der Waals surface area contributed by atoms with Crippen molar-refractivity contribution in [3.05, 3.63) is 0 Å². The van der Waals surface area contributed by atoms with Crippen LogP contribution in [0.2, 0.25) is 0 Å². The zero-order chi connectivity index (χ0) is 13.7. The van der Waals surface area contributed by atoms with Crippen molar-refractivity contribution in [2.24, 2.45) is 0 Å². The van der Waals surface area contributed by atoms with Gasteiger partial charge in [0, 0.05) is 19.1 Å². The number of carbonyl (C=O) groups is 2. The Balaban J connectivity index is 1.78. The van der Waals surface area contributed by atoms with Gasteiger partial charge in [-0.15, -0.1) is 0 Å². The summed E-state index contributed by atoms with van der Waals surface area (Å²) in [7, 11) is 0. The Kier molecular flexibility index (Phi) is 5.19. The zero-order valence-corrected chi connectivity index (χ0v) is 11.8. The standard InChI is InChI=1S/C14H24N2O3/c1-2-19-14(18)13(17)16-10-6-12(7-11-16)15-8-4-3-5-9-15/h12H,2-11H2,1H3. The summed E-state index contributed by atoms with van der Waals surface area (Å²) >= 11 is 0. The lowest BCUT2D eigenvalue weighted by Crippen LogP contribution is -2.49. The van der Waals surface area contributed by atoms with Gasteiger partial charge in [0.25, 0.3) is 0 Å². The van der Waals surface area contributed by atoms with E-state index in [-0.39, 0.29) is 6.61 Å². The number of nitrogens with zero attached hydrogens (tertiary/aromatic N) is 2. The number of esters is 1. The predicted octanol–water partition coefficient (Wildman–Crippen LogP) is 1.03. The maximum Gasteiger partial charge on any atom is 0.397 e. The molecule has 108 valence electrons. The molecular formula is C14H24N2O3. The molecule has 0 saturated carbocycles. The average molecular weight is 268 g/mol. The molecule has 0 aromatic heterocycles. The minimum atomic E-state index is -0.709. The van der Waals surface area contributed by atoms with E-state index >= 15 is 0 Å². The minimum Gasteiger partial charge on any atom is -0.459 e. The largest absolute Gasteiger partial charge is 0.459 e. The van der Waals surface area contributed by atoms with Crippen LogP contribution in [-0.4, -0.2) is 60.5 Å². The van der Waals surface area contributed by atoms with E-state index in [1.807, 2.05) is 0 Å². The van der Waals surface area contributed by atoms with Gasteiger partial charge in [0.05, 0.1) is 6.61 Å². The smallest absolute Gasteiger partial charge is 0.397 e. The number of likely N-dealkylation sites (tertiary alicyclic amines) is 2. The highest BCUT2D eigenvalue weighted by Crippen LogP contribution is 2.20. The molecule has 0 N–H and O–H groups in total. The molecule has 1 amide bonds. The molecule has 2 fully saturated rings. The molecule has 2 rings (SSSR count). The third kappa shape index (κ3) is 3.69. The van der Waals surface area contributed by atoms with E-state index in [0.29, 0.717) is 19.1 Å². The Labute approximate surface area is 114 Å². The van der Waals surface area contributed by atoms with Crippen LogP contribution in [0.3, 0.4) is 0 Å². The SMILES string of the molecule is CCOC(=O)C(=O)N1CCC(N2CCCCC2)CC1. The lowest BCUT2D eigenvalue weighted by Gasteiger charge is -2.39. The number of rotatable bonds is 2. The number of hydrogen-bond acceptors (Lipinski definition) is 4. The molecule has 0 unspecified atom stereocenters. The fraction of sp³-hybridized carbons (Fsp3) is 0.857. The van der Waals surface area contributed by atoms with Gasteiger partial charge >= 0.3 is 11.9 Å². The Morgan fingerprint density at radius 1 is 1.05 bits per heavy atom. The van der Waals surface area contributed by atoms with Crippen LogP contribution in [0.5, 0.6) is 0 Å². The highest BCUT2D eigenvalue weighted by molar-refractivity contribution is 6.32. The lowest BCUT2D eigenvalue weighted by atomic mass is 10.00. The van der Waals surface area contributed by atoms with Crippen molar-refractivity contribution < 1.29 is 14.3 Å². The maximum absolute atomic E-state index is 11.8. The first-order valence-corrected chi connectivity index (χ1v) is 7.42. The highest BCUT2D eigenvalue weighted by atomic mass is 16.5. The Morgan fingerprint density at radius 3 is 2.26 bits per heavy atom. The van der Waals surface area contributed by atoms with E-state index in [1.165, 1.54) is 32.4 Å². The second-order valence-electron chi connectivity index (χ2n) is 5.34. The van der Waals surface area contributed by atoms with Gasteiger partial charge in [-0.3, -0.25) is 4.79 Å². The molecule has 0 bridgehead atoms. The molecule has 5 nitrogen and oxygen atoms in total. The fourth-order valence-corrected chi connectivity index (χ4v) is 3.04. The number of ether oxygens (including phenoxy) is 1. The van der Waals surface area contributed by atoms with E-state index in [4.69, 9.17) is 4.74 Å². The van der Waals surface area contributed by atoms with E-state index in [1.54, 1.807) is 11.8 Å². The number of carbonyl (C=O) groups excluding carboxylic acids is 2. The molecule has 0 aliphatic carbocycles. The van der Waals surface area contributed by atoms with Gasteiger partial charge in [0.15, 0.2) is 0 Å². The van der Waals surface area contributed by atoms with Crippen LogP contribution in [0.4, 0.5) is 0 Å². The molecule has 2 aliphatic heterocycles. The average Bonchev–Trinajstić information content (AvgIpc) is 2.48. The summed E-state index contributed by atoms with van der Waals surface area (Å²) in [5.74, 6) is -1.18. The van der Waals surface area contributed by atoms with Crippen molar-refractivity contribution in [2.45, 2.75) is 45.1 Å². The van der Waals surface area contributed by atoms with Crippen molar-refractivity contribution in [1.82, 2.24) is 9.80 Å². The molecule has 0 spiro atoms. The second kappa shape index (κ2) is 6.89. The molecule has 0 aromatic rings. The van der Waals surface area contributed by atoms with E-state index in [2.05, 4.69) is 4.90 Å². The van der Waals surface area contributed by atoms with Crippen molar-refractivity contribution in [2.75, 3.05) is 32.8 Å². The topological polar surface area (TPSA) is 49.9 Å². The predicted molar refractivity (Wildman–Crippen MR) is 71.7 cm³/mol. The molecule has 5 heteroatoms. The summed E-state index contributed by atoms with van der Waals surface area (Å²) in [5, 5.41) is 0. The minimum absolute atomic E-state index is 0.259. The summed E-state index contributed by atoms with van der Waals surface area (Å²) in [4.78, 5) is 27.4.